The number of rotatable bonds is 3. The summed E-state index contributed by atoms with van der Waals surface area (Å²) in [5, 5.41) is 0. The maximum absolute atomic E-state index is 14.1. The number of hydrogen-bond acceptors (Lipinski definition) is 7. The van der Waals surface area contributed by atoms with Gasteiger partial charge in [0.2, 0.25) is 0 Å². The largest absolute Gasteiger partial charge is 0.444 e. The number of nitrogen functional groups attached to an aromatic ring is 1. The fourth-order valence-electron chi connectivity index (χ4n) is 4.42. The number of carbonyl (C=O) groups is 2. The van der Waals surface area contributed by atoms with Crippen LogP contribution in [0.4, 0.5) is 15.0 Å². The zero-order chi connectivity index (χ0) is 27.7. The first kappa shape index (κ1) is 26.1. The predicted molar refractivity (Wildman–Crippen MR) is 145 cm³/mol. The number of H-pyrrole nitrogens is 1. The molecule has 11 heteroatoms. The first-order valence-corrected chi connectivity index (χ1v) is 12.7. The molecule has 1 fully saturated rings. The van der Waals surface area contributed by atoms with E-state index in [1.807, 2.05) is 20.8 Å². The van der Waals surface area contributed by atoms with Crippen molar-refractivity contribution in [1.82, 2.24) is 29.7 Å². The summed E-state index contributed by atoms with van der Waals surface area (Å²) >= 11 is 0. The molecule has 3 N–H and O–H groups in total. The number of halogens is 1. The number of ether oxygens (including phenoxy) is 1. The zero-order valence-corrected chi connectivity index (χ0v) is 22.1. The third-order valence-corrected chi connectivity index (χ3v) is 6.35. The Morgan fingerprint density at radius 3 is 2.44 bits per heavy atom. The summed E-state index contributed by atoms with van der Waals surface area (Å²) in [6, 6.07) is 11.7. The van der Waals surface area contributed by atoms with Gasteiger partial charge in [0.05, 0.1) is 17.4 Å². The average Bonchev–Trinajstić information content (AvgIpc) is 3.18. The molecule has 10 nitrogen and oxygen atoms in total. The van der Waals surface area contributed by atoms with Gasteiger partial charge in [0.25, 0.3) is 5.91 Å². The molecule has 3 heterocycles. The molecule has 1 aliphatic rings. The minimum Gasteiger partial charge on any atom is -0.444 e. The van der Waals surface area contributed by atoms with Gasteiger partial charge < -0.3 is 25.3 Å². The Labute approximate surface area is 225 Å². The number of para-hydroxylation sites is 1. The van der Waals surface area contributed by atoms with E-state index in [9.17, 15) is 14.0 Å². The molecule has 0 unspecified atom stereocenters. The fourth-order valence-corrected chi connectivity index (χ4v) is 4.42. The Bertz CT molecular complexity index is 1530. The van der Waals surface area contributed by atoms with Crippen molar-refractivity contribution < 1.29 is 18.7 Å². The topological polar surface area (TPSA) is 130 Å². The van der Waals surface area contributed by atoms with Crippen molar-refractivity contribution in [3.05, 3.63) is 60.0 Å². The van der Waals surface area contributed by atoms with E-state index in [4.69, 9.17) is 10.5 Å². The molecule has 0 spiro atoms. The number of anilines is 1. The highest BCUT2D eigenvalue weighted by Crippen LogP contribution is 2.27. The highest BCUT2D eigenvalue weighted by molar-refractivity contribution is 5.94. The van der Waals surface area contributed by atoms with Crippen LogP contribution >= 0.6 is 0 Å². The fraction of sp³-hybridized carbons (Fsp3) is 0.321. The molecule has 0 saturated carbocycles. The quantitative estimate of drug-likeness (QED) is 0.398. The first-order valence-electron chi connectivity index (χ1n) is 12.7. The number of carbonyl (C=O) groups excluding carboxylic acids is 2. The highest BCUT2D eigenvalue weighted by atomic mass is 19.1. The van der Waals surface area contributed by atoms with Gasteiger partial charge in [0, 0.05) is 37.3 Å². The number of benzene rings is 2. The normalized spacial score (nSPS) is 14.4. The Morgan fingerprint density at radius 1 is 1.00 bits per heavy atom. The number of fused-ring (bicyclic) bond motifs is 1. The molecule has 0 aliphatic carbocycles. The second-order valence-corrected chi connectivity index (χ2v) is 10.4. The molecule has 1 aliphatic heterocycles. The average molecular weight is 532 g/mol. The van der Waals surface area contributed by atoms with Gasteiger partial charge in [0.1, 0.15) is 16.8 Å². The van der Waals surface area contributed by atoms with Gasteiger partial charge in [-0.05, 0) is 51.5 Å². The van der Waals surface area contributed by atoms with Crippen molar-refractivity contribution in [3.63, 3.8) is 0 Å². The number of nitrogens with one attached hydrogen (secondary N) is 1. The van der Waals surface area contributed by atoms with E-state index < -0.39 is 11.4 Å². The number of imidazole rings is 1. The van der Waals surface area contributed by atoms with Crippen LogP contribution in [0.15, 0.2) is 48.7 Å². The Kier molecular flexibility index (Phi) is 6.90. The Hall–Kier alpha value is -4.54. The minimum atomic E-state index is -0.569. The van der Waals surface area contributed by atoms with Gasteiger partial charge >= 0.3 is 6.09 Å². The molecule has 0 bridgehead atoms. The minimum absolute atomic E-state index is 0.110. The van der Waals surface area contributed by atoms with Gasteiger partial charge in [-0.1, -0.05) is 18.2 Å². The molecule has 0 atom stereocenters. The molecule has 2 amide bonds. The van der Waals surface area contributed by atoms with Crippen LogP contribution in [-0.2, 0) is 4.74 Å². The van der Waals surface area contributed by atoms with Crippen molar-refractivity contribution in [2.75, 3.05) is 31.9 Å². The van der Waals surface area contributed by atoms with Crippen LogP contribution in [0.1, 0.15) is 37.6 Å². The van der Waals surface area contributed by atoms with E-state index in [-0.39, 0.29) is 23.3 Å². The molecule has 39 heavy (non-hydrogen) atoms. The van der Waals surface area contributed by atoms with Gasteiger partial charge in [-0.25, -0.2) is 24.1 Å². The molecule has 1 saturated heterocycles. The van der Waals surface area contributed by atoms with Crippen molar-refractivity contribution in [2.24, 2.45) is 0 Å². The summed E-state index contributed by atoms with van der Waals surface area (Å²) in [5.74, 6) is -0.0807. The van der Waals surface area contributed by atoms with Gasteiger partial charge in [0.15, 0.2) is 17.5 Å². The van der Waals surface area contributed by atoms with E-state index in [0.29, 0.717) is 60.9 Å². The lowest BCUT2D eigenvalue weighted by atomic mass is 10.1. The van der Waals surface area contributed by atoms with Gasteiger partial charge in [-0.15, -0.1) is 0 Å². The van der Waals surface area contributed by atoms with Crippen molar-refractivity contribution in [1.29, 1.82) is 0 Å². The number of hydrogen-bond donors (Lipinski definition) is 2. The maximum atomic E-state index is 14.1. The van der Waals surface area contributed by atoms with Crippen LogP contribution in [0, 0.1) is 5.82 Å². The van der Waals surface area contributed by atoms with E-state index in [1.54, 1.807) is 52.4 Å². The lowest BCUT2D eigenvalue weighted by Gasteiger charge is -2.26. The van der Waals surface area contributed by atoms with Crippen LogP contribution in [-0.4, -0.2) is 73.5 Å². The maximum Gasteiger partial charge on any atom is 0.410 e. The van der Waals surface area contributed by atoms with Crippen LogP contribution < -0.4 is 5.73 Å². The predicted octanol–water partition coefficient (Wildman–Crippen LogP) is 4.49. The van der Waals surface area contributed by atoms with Crippen LogP contribution in [0.3, 0.4) is 0 Å². The monoisotopic (exact) mass is 531 g/mol. The summed E-state index contributed by atoms with van der Waals surface area (Å²) in [6.07, 6.45) is 1.84. The lowest BCUT2D eigenvalue weighted by Crippen LogP contribution is -2.40. The smallest absolute Gasteiger partial charge is 0.410 e. The molecule has 0 radical (unpaired) electrons. The van der Waals surface area contributed by atoms with E-state index >= 15 is 0 Å². The van der Waals surface area contributed by atoms with Crippen LogP contribution in [0.2, 0.25) is 0 Å². The van der Waals surface area contributed by atoms with E-state index in [1.165, 1.54) is 6.07 Å². The van der Waals surface area contributed by atoms with Crippen molar-refractivity contribution in [2.45, 2.75) is 32.8 Å². The number of nitrogens with two attached hydrogens (primary N) is 1. The summed E-state index contributed by atoms with van der Waals surface area (Å²) in [4.78, 5) is 45.3. The number of nitrogens with zero attached hydrogens (tertiary/aromatic N) is 5. The number of amides is 2. The Balaban J connectivity index is 1.31. The first-order chi connectivity index (χ1) is 18.6. The molecule has 4 aromatic rings. The van der Waals surface area contributed by atoms with E-state index in [2.05, 4.69) is 19.9 Å². The standard InChI is InChI=1S/C28H30FN7O3/c1-28(2,3)39-27(38)36-13-5-12-35(14-15-36)26(37)18-10-8-17(9-11-18)21-16-31-24(30)23(32-21)25-33-20-7-4-6-19(29)22(20)34-25/h4,6-11,16H,5,12-15H2,1-3H3,(H2,30,31)(H,33,34). The summed E-state index contributed by atoms with van der Waals surface area (Å²) in [5.41, 5.74) is 8.32. The van der Waals surface area contributed by atoms with E-state index in [0.717, 1.165) is 5.56 Å². The molecule has 202 valence electrons. The third kappa shape index (κ3) is 5.66. The summed E-state index contributed by atoms with van der Waals surface area (Å²) in [7, 11) is 0. The molecule has 5 rings (SSSR count). The third-order valence-electron chi connectivity index (χ3n) is 6.35. The summed E-state index contributed by atoms with van der Waals surface area (Å²) < 4.78 is 19.6. The molecular formula is C28H30FN7O3. The molecular weight excluding hydrogens is 501 g/mol. The molecule has 2 aromatic heterocycles. The lowest BCUT2D eigenvalue weighted by molar-refractivity contribution is 0.0255. The Morgan fingerprint density at radius 2 is 1.72 bits per heavy atom. The number of aromatic amines is 1. The summed E-state index contributed by atoms with van der Waals surface area (Å²) in [6.45, 7) is 7.41. The van der Waals surface area contributed by atoms with Crippen molar-refractivity contribution >= 4 is 28.9 Å². The van der Waals surface area contributed by atoms with Crippen LogP contribution in [0.25, 0.3) is 33.8 Å². The van der Waals surface area contributed by atoms with Crippen molar-refractivity contribution in [3.8, 4) is 22.8 Å². The SMILES string of the molecule is CC(C)(C)OC(=O)N1CCCN(C(=O)c2ccc(-c3cnc(N)c(-c4nc5c(F)cccc5[nH]4)n3)cc2)CC1. The highest BCUT2D eigenvalue weighted by Gasteiger charge is 2.26. The van der Waals surface area contributed by atoms with Crippen LogP contribution in [0.5, 0.6) is 0 Å². The zero-order valence-electron chi connectivity index (χ0n) is 22.1. The van der Waals surface area contributed by atoms with Gasteiger partial charge in [-0.2, -0.15) is 0 Å². The number of aromatic nitrogens is 4. The second-order valence-electron chi connectivity index (χ2n) is 10.4. The second kappa shape index (κ2) is 10.3. The molecule has 2 aromatic carbocycles. The van der Waals surface area contributed by atoms with Gasteiger partial charge in [-0.3, -0.25) is 4.79 Å².